The van der Waals surface area contributed by atoms with Crippen LogP contribution in [0.4, 0.5) is 0 Å². The zero-order valence-electron chi connectivity index (χ0n) is 12.9. The van der Waals surface area contributed by atoms with Gasteiger partial charge in [0.05, 0.1) is 6.04 Å². The van der Waals surface area contributed by atoms with Gasteiger partial charge in [0.1, 0.15) is 6.04 Å². The molecule has 0 fully saturated rings. The molecule has 1 aromatic rings. The SMILES string of the molecule is NC(=O)[C@@H](Cc1ccccc1)NC(=O)[C@H](N)CCCN=C(N)N. The van der Waals surface area contributed by atoms with E-state index in [1.807, 2.05) is 30.3 Å². The van der Waals surface area contributed by atoms with Crippen molar-refractivity contribution < 1.29 is 9.59 Å². The third-order valence-corrected chi connectivity index (χ3v) is 3.25. The molecule has 9 N–H and O–H groups in total. The normalized spacial score (nSPS) is 12.9. The van der Waals surface area contributed by atoms with Crippen LogP contribution in [0.1, 0.15) is 18.4 Å². The van der Waals surface area contributed by atoms with Crippen molar-refractivity contribution in [3.05, 3.63) is 35.9 Å². The summed E-state index contributed by atoms with van der Waals surface area (Å²) in [5.74, 6) is -1.02. The van der Waals surface area contributed by atoms with Crippen LogP contribution >= 0.6 is 0 Å². The number of nitrogens with one attached hydrogen (secondary N) is 1. The number of carbonyl (C=O) groups is 2. The van der Waals surface area contributed by atoms with E-state index in [9.17, 15) is 9.59 Å². The van der Waals surface area contributed by atoms with Crippen molar-refractivity contribution in [3.63, 3.8) is 0 Å². The lowest BCUT2D eigenvalue weighted by atomic mass is 10.0. The lowest BCUT2D eigenvalue weighted by Gasteiger charge is -2.18. The Balaban J connectivity index is 2.50. The number of nitrogens with zero attached hydrogens (tertiary/aromatic N) is 1. The van der Waals surface area contributed by atoms with Gasteiger partial charge in [-0.1, -0.05) is 30.3 Å². The van der Waals surface area contributed by atoms with E-state index in [4.69, 9.17) is 22.9 Å². The van der Waals surface area contributed by atoms with E-state index >= 15 is 0 Å². The number of aliphatic imine (C=N–C) groups is 1. The summed E-state index contributed by atoms with van der Waals surface area (Å²) in [6.07, 6.45) is 1.29. The number of hydrogen-bond donors (Lipinski definition) is 5. The summed E-state index contributed by atoms with van der Waals surface area (Å²) in [6, 6.07) is 7.74. The van der Waals surface area contributed by atoms with Crippen LogP contribution < -0.4 is 28.3 Å². The molecule has 126 valence electrons. The summed E-state index contributed by atoms with van der Waals surface area (Å²) < 4.78 is 0. The Bertz CT molecular complexity index is 542. The van der Waals surface area contributed by atoms with Crippen LogP contribution in [0.5, 0.6) is 0 Å². The van der Waals surface area contributed by atoms with Crippen LogP contribution in [0, 0.1) is 0 Å². The average molecular weight is 320 g/mol. The fraction of sp³-hybridized carbons (Fsp3) is 0.400. The van der Waals surface area contributed by atoms with Crippen LogP contribution in [0.2, 0.25) is 0 Å². The molecule has 0 unspecified atom stereocenters. The van der Waals surface area contributed by atoms with E-state index in [-0.39, 0.29) is 5.96 Å². The molecular weight excluding hydrogens is 296 g/mol. The van der Waals surface area contributed by atoms with Gasteiger partial charge in [-0.05, 0) is 18.4 Å². The number of nitrogens with two attached hydrogens (primary N) is 4. The molecule has 2 amide bonds. The molecule has 0 radical (unpaired) electrons. The second-order valence-electron chi connectivity index (χ2n) is 5.21. The lowest BCUT2D eigenvalue weighted by molar-refractivity contribution is -0.128. The molecule has 0 saturated heterocycles. The maximum Gasteiger partial charge on any atom is 0.240 e. The van der Waals surface area contributed by atoms with E-state index in [1.54, 1.807) is 0 Å². The van der Waals surface area contributed by atoms with Gasteiger partial charge in [0.25, 0.3) is 0 Å². The summed E-state index contributed by atoms with van der Waals surface area (Å²) in [4.78, 5) is 27.4. The second kappa shape index (κ2) is 9.42. The Morgan fingerprint density at radius 1 is 1.13 bits per heavy atom. The number of rotatable bonds is 9. The Morgan fingerprint density at radius 3 is 2.35 bits per heavy atom. The Hall–Kier alpha value is -2.61. The highest BCUT2D eigenvalue weighted by molar-refractivity contribution is 5.89. The Labute approximate surface area is 135 Å². The van der Waals surface area contributed by atoms with Crippen molar-refractivity contribution in [1.29, 1.82) is 0 Å². The number of amides is 2. The van der Waals surface area contributed by atoms with Crippen LogP contribution in [0.25, 0.3) is 0 Å². The molecule has 1 aromatic carbocycles. The minimum atomic E-state index is -0.798. The molecule has 23 heavy (non-hydrogen) atoms. The van der Waals surface area contributed by atoms with Gasteiger partial charge >= 0.3 is 0 Å². The third kappa shape index (κ3) is 7.28. The van der Waals surface area contributed by atoms with Crippen LogP contribution in [0.15, 0.2) is 35.3 Å². The first-order valence-corrected chi connectivity index (χ1v) is 7.34. The fourth-order valence-corrected chi connectivity index (χ4v) is 2.00. The van der Waals surface area contributed by atoms with E-state index in [1.165, 1.54) is 0 Å². The van der Waals surface area contributed by atoms with Crippen molar-refractivity contribution in [1.82, 2.24) is 5.32 Å². The maximum absolute atomic E-state index is 12.0. The minimum Gasteiger partial charge on any atom is -0.370 e. The zero-order valence-corrected chi connectivity index (χ0v) is 12.9. The van der Waals surface area contributed by atoms with Crippen molar-refractivity contribution in [2.75, 3.05) is 6.54 Å². The molecule has 0 spiro atoms. The number of benzene rings is 1. The van der Waals surface area contributed by atoms with E-state index < -0.39 is 23.9 Å². The van der Waals surface area contributed by atoms with Crippen molar-refractivity contribution in [2.24, 2.45) is 27.9 Å². The zero-order chi connectivity index (χ0) is 17.2. The minimum absolute atomic E-state index is 0.000300. The molecule has 0 aliphatic heterocycles. The second-order valence-corrected chi connectivity index (χ2v) is 5.21. The molecule has 2 atom stereocenters. The fourth-order valence-electron chi connectivity index (χ4n) is 2.00. The maximum atomic E-state index is 12.0. The van der Waals surface area contributed by atoms with E-state index in [2.05, 4.69) is 10.3 Å². The Kier molecular flexibility index (Phi) is 7.55. The number of primary amides is 1. The van der Waals surface area contributed by atoms with Gasteiger partial charge in [0, 0.05) is 13.0 Å². The van der Waals surface area contributed by atoms with E-state index in [0.29, 0.717) is 25.8 Å². The standard InChI is InChI=1S/C15H24N6O2/c16-11(7-4-8-20-15(18)19)14(23)21-12(13(17)22)9-10-5-2-1-3-6-10/h1-3,5-6,11-12H,4,7-9,16H2,(H2,17,22)(H,21,23)(H4,18,19,20)/t11-,12-/m1/s1. The van der Waals surface area contributed by atoms with Gasteiger partial charge < -0.3 is 28.3 Å². The molecule has 0 saturated carbocycles. The number of guanidine groups is 1. The first-order chi connectivity index (χ1) is 10.9. The van der Waals surface area contributed by atoms with Crippen molar-refractivity contribution in [2.45, 2.75) is 31.3 Å². The van der Waals surface area contributed by atoms with Crippen LogP contribution in [-0.2, 0) is 16.0 Å². The smallest absolute Gasteiger partial charge is 0.240 e. The molecule has 0 heterocycles. The summed E-state index contributed by atoms with van der Waals surface area (Å²) >= 11 is 0. The number of hydrogen-bond acceptors (Lipinski definition) is 4. The Morgan fingerprint density at radius 2 is 1.78 bits per heavy atom. The molecule has 0 aromatic heterocycles. The van der Waals surface area contributed by atoms with Crippen molar-refractivity contribution in [3.8, 4) is 0 Å². The van der Waals surface area contributed by atoms with Gasteiger partial charge in [-0.15, -0.1) is 0 Å². The summed E-state index contributed by atoms with van der Waals surface area (Å²) in [6.45, 7) is 0.395. The van der Waals surface area contributed by atoms with Crippen LogP contribution in [0.3, 0.4) is 0 Å². The van der Waals surface area contributed by atoms with Gasteiger partial charge in [-0.3, -0.25) is 14.6 Å². The van der Waals surface area contributed by atoms with Crippen LogP contribution in [-0.4, -0.2) is 36.4 Å². The van der Waals surface area contributed by atoms with Gasteiger partial charge in [-0.2, -0.15) is 0 Å². The first-order valence-electron chi connectivity index (χ1n) is 7.34. The quantitative estimate of drug-likeness (QED) is 0.214. The summed E-state index contributed by atoms with van der Waals surface area (Å²) in [5, 5.41) is 2.59. The largest absolute Gasteiger partial charge is 0.370 e. The third-order valence-electron chi connectivity index (χ3n) is 3.25. The molecule has 0 aliphatic rings. The highest BCUT2D eigenvalue weighted by Gasteiger charge is 2.21. The molecule has 8 heteroatoms. The molecule has 8 nitrogen and oxygen atoms in total. The van der Waals surface area contributed by atoms with Gasteiger partial charge in [0.15, 0.2) is 5.96 Å². The number of carbonyl (C=O) groups excluding carboxylic acids is 2. The topological polar surface area (TPSA) is 163 Å². The summed E-state index contributed by atoms with van der Waals surface area (Å²) in [7, 11) is 0. The monoisotopic (exact) mass is 320 g/mol. The average Bonchev–Trinajstić information content (AvgIpc) is 2.51. The summed E-state index contributed by atoms with van der Waals surface area (Å²) in [5.41, 5.74) is 22.5. The molecular formula is C15H24N6O2. The highest BCUT2D eigenvalue weighted by Crippen LogP contribution is 2.04. The van der Waals surface area contributed by atoms with Gasteiger partial charge in [-0.25, -0.2) is 0 Å². The van der Waals surface area contributed by atoms with Crippen molar-refractivity contribution >= 4 is 17.8 Å². The molecule has 0 bridgehead atoms. The molecule has 0 aliphatic carbocycles. The first kappa shape index (κ1) is 18.4. The highest BCUT2D eigenvalue weighted by atomic mass is 16.2. The lowest BCUT2D eigenvalue weighted by Crippen LogP contribution is -2.51. The predicted molar refractivity (Wildman–Crippen MR) is 89.2 cm³/mol. The van der Waals surface area contributed by atoms with E-state index in [0.717, 1.165) is 5.56 Å². The molecule has 1 rings (SSSR count). The predicted octanol–water partition coefficient (Wildman–Crippen LogP) is -1.42. The van der Waals surface area contributed by atoms with Gasteiger partial charge in [0.2, 0.25) is 11.8 Å².